The Labute approximate surface area is 122 Å². The minimum atomic E-state index is -2.86. The maximum Gasteiger partial charge on any atom is 0.150 e. The molecule has 2 saturated carbocycles. The lowest BCUT2D eigenvalue weighted by Gasteiger charge is -2.31. The van der Waals surface area contributed by atoms with Crippen LogP contribution in [0.15, 0.2) is 0 Å². The van der Waals surface area contributed by atoms with Crippen molar-refractivity contribution < 1.29 is 8.42 Å². The Morgan fingerprint density at radius 3 is 2.53 bits per heavy atom. The Bertz CT molecular complexity index is 383. The van der Waals surface area contributed by atoms with Gasteiger partial charge in [-0.3, -0.25) is 0 Å². The Hall–Kier alpha value is 0.260. The van der Waals surface area contributed by atoms with Gasteiger partial charge in [-0.2, -0.15) is 11.8 Å². The summed E-state index contributed by atoms with van der Waals surface area (Å²) in [6, 6.07) is 1.04. The van der Waals surface area contributed by atoms with Gasteiger partial charge in [0.15, 0.2) is 0 Å². The van der Waals surface area contributed by atoms with Crippen LogP contribution in [0.25, 0.3) is 0 Å². The quantitative estimate of drug-likeness (QED) is 0.848. The summed E-state index contributed by atoms with van der Waals surface area (Å²) >= 11 is 2.07. The van der Waals surface area contributed by atoms with Crippen LogP contribution in [0.5, 0.6) is 0 Å². The summed E-state index contributed by atoms with van der Waals surface area (Å²) in [6.45, 7) is 2.23. The molecule has 4 atom stereocenters. The van der Waals surface area contributed by atoms with E-state index in [1.807, 2.05) is 0 Å². The van der Waals surface area contributed by atoms with Crippen molar-refractivity contribution in [3.05, 3.63) is 0 Å². The Kier molecular flexibility index (Phi) is 5.61. The molecule has 3 nitrogen and oxygen atoms in total. The zero-order chi connectivity index (χ0) is 13.9. The number of nitrogens with one attached hydrogen (secondary N) is 1. The van der Waals surface area contributed by atoms with Gasteiger partial charge in [-0.1, -0.05) is 13.3 Å². The largest absolute Gasteiger partial charge is 0.311 e. The van der Waals surface area contributed by atoms with Gasteiger partial charge in [0, 0.05) is 23.6 Å². The van der Waals surface area contributed by atoms with E-state index in [1.165, 1.54) is 31.3 Å². The molecule has 19 heavy (non-hydrogen) atoms. The van der Waals surface area contributed by atoms with Gasteiger partial charge in [-0.05, 0) is 44.3 Å². The van der Waals surface area contributed by atoms with Crippen LogP contribution in [0.3, 0.4) is 0 Å². The van der Waals surface area contributed by atoms with E-state index in [9.17, 15) is 8.42 Å². The fraction of sp³-hybridized carbons (Fsp3) is 1.00. The van der Waals surface area contributed by atoms with E-state index >= 15 is 0 Å². The lowest BCUT2D eigenvalue weighted by atomic mass is 9.94. The van der Waals surface area contributed by atoms with E-state index < -0.39 is 9.84 Å². The van der Waals surface area contributed by atoms with Crippen molar-refractivity contribution in [3.8, 4) is 0 Å². The van der Waals surface area contributed by atoms with Gasteiger partial charge in [0.1, 0.15) is 9.84 Å². The molecule has 0 aliphatic heterocycles. The fourth-order valence-corrected chi connectivity index (χ4v) is 5.82. The molecule has 0 bridgehead atoms. The number of rotatable bonds is 5. The van der Waals surface area contributed by atoms with Crippen molar-refractivity contribution in [2.75, 3.05) is 12.0 Å². The van der Waals surface area contributed by atoms with Gasteiger partial charge in [0.25, 0.3) is 0 Å². The van der Waals surface area contributed by atoms with Gasteiger partial charge in [-0.25, -0.2) is 8.42 Å². The maximum atomic E-state index is 11.7. The molecular weight excluding hydrogens is 278 g/mol. The van der Waals surface area contributed by atoms with Crippen molar-refractivity contribution >= 4 is 21.6 Å². The molecule has 0 radical (unpaired) electrons. The minimum absolute atomic E-state index is 0.110. The average molecular weight is 306 g/mol. The second kappa shape index (κ2) is 6.81. The normalized spacial score (nSPS) is 36.5. The first-order valence-electron chi connectivity index (χ1n) is 7.55. The fourth-order valence-electron chi connectivity index (χ4n) is 3.50. The van der Waals surface area contributed by atoms with Crippen LogP contribution in [0, 0.1) is 0 Å². The molecule has 112 valence electrons. The Morgan fingerprint density at radius 2 is 1.84 bits per heavy atom. The zero-order valence-corrected chi connectivity index (χ0v) is 13.7. The molecule has 5 heteroatoms. The molecular formula is C14H27NO2S2. The third-order valence-electron chi connectivity index (χ3n) is 4.49. The summed E-state index contributed by atoms with van der Waals surface area (Å²) in [5.41, 5.74) is 0. The molecule has 0 saturated heterocycles. The van der Waals surface area contributed by atoms with E-state index in [0.717, 1.165) is 30.9 Å². The smallest absolute Gasteiger partial charge is 0.150 e. The lowest BCUT2D eigenvalue weighted by molar-refractivity contribution is 0.337. The molecule has 1 N–H and O–H groups in total. The van der Waals surface area contributed by atoms with Crippen LogP contribution in [-0.2, 0) is 9.84 Å². The predicted octanol–water partition coefficient (Wildman–Crippen LogP) is 2.61. The predicted molar refractivity (Wildman–Crippen MR) is 83.6 cm³/mol. The Morgan fingerprint density at radius 1 is 1.11 bits per heavy atom. The SMILES string of the molecule is CCSC1CCC(NC2CCCC(S(C)(=O)=O)C2)C1. The third kappa shape index (κ3) is 4.64. The molecule has 0 aromatic rings. The molecule has 2 fully saturated rings. The number of thioether (sulfide) groups is 1. The molecule has 0 aromatic carbocycles. The second-order valence-electron chi connectivity index (χ2n) is 6.07. The van der Waals surface area contributed by atoms with Crippen LogP contribution in [-0.4, -0.2) is 43.0 Å². The molecule has 0 aromatic heterocycles. The monoisotopic (exact) mass is 305 g/mol. The summed E-state index contributed by atoms with van der Waals surface area (Å²) in [6.07, 6.45) is 9.11. The zero-order valence-electron chi connectivity index (χ0n) is 12.1. The first-order valence-corrected chi connectivity index (χ1v) is 10.6. The molecule has 0 heterocycles. The third-order valence-corrected chi connectivity index (χ3v) is 7.36. The van der Waals surface area contributed by atoms with Crippen LogP contribution >= 0.6 is 11.8 Å². The standard InChI is InChI=1S/C14H27NO2S2/c1-3-18-13-8-7-12(9-13)15-11-5-4-6-14(10-11)19(2,16)17/h11-15H,3-10H2,1-2H3. The molecule has 4 unspecified atom stereocenters. The van der Waals surface area contributed by atoms with Crippen molar-refractivity contribution in [2.45, 2.75) is 74.5 Å². The van der Waals surface area contributed by atoms with E-state index in [-0.39, 0.29) is 5.25 Å². The lowest BCUT2D eigenvalue weighted by Crippen LogP contribution is -2.43. The highest BCUT2D eigenvalue weighted by molar-refractivity contribution is 7.99. The summed E-state index contributed by atoms with van der Waals surface area (Å²) in [4.78, 5) is 0. The van der Waals surface area contributed by atoms with Gasteiger partial charge < -0.3 is 5.32 Å². The van der Waals surface area contributed by atoms with Gasteiger partial charge in [0.05, 0.1) is 5.25 Å². The van der Waals surface area contributed by atoms with E-state index in [2.05, 4.69) is 24.0 Å². The van der Waals surface area contributed by atoms with Gasteiger partial charge >= 0.3 is 0 Å². The molecule has 0 spiro atoms. The maximum absolute atomic E-state index is 11.7. The first-order chi connectivity index (χ1) is 8.99. The molecule has 0 amide bonds. The van der Waals surface area contributed by atoms with Crippen molar-refractivity contribution in [1.29, 1.82) is 0 Å². The summed E-state index contributed by atoms with van der Waals surface area (Å²) in [7, 11) is -2.86. The number of hydrogen-bond acceptors (Lipinski definition) is 4. The minimum Gasteiger partial charge on any atom is -0.311 e. The summed E-state index contributed by atoms with van der Waals surface area (Å²) in [5.74, 6) is 1.21. The highest BCUT2D eigenvalue weighted by Crippen LogP contribution is 2.31. The van der Waals surface area contributed by atoms with Crippen molar-refractivity contribution in [3.63, 3.8) is 0 Å². The van der Waals surface area contributed by atoms with Crippen LogP contribution in [0.1, 0.15) is 51.9 Å². The first kappa shape index (κ1) is 15.6. The van der Waals surface area contributed by atoms with Crippen molar-refractivity contribution in [2.24, 2.45) is 0 Å². The van der Waals surface area contributed by atoms with Crippen LogP contribution < -0.4 is 5.32 Å². The van der Waals surface area contributed by atoms with Gasteiger partial charge in [0.2, 0.25) is 0 Å². The highest BCUT2D eigenvalue weighted by Gasteiger charge is 2.32. The van der Waals surface area contributed by atoms with E-state index in [4.69, 9.17) is 0 Å². The highest BCUT2D eigenvalue weighted by atomic mass is 32.2. The molecule has 2 rings (SSSR count). The topological polar surface area (TPSA) is 46.2 Å². The van der Waals surface area contributed by atoms with E-state index in [0.29, 0.717) is 12.1 Å². The summed E-state index contributed by atoms with van der Waals surface area (Å²) < 4.78 is 23.4. The van der Waals surface area contributed by atoms with Crippen LogP contribution in [0.4, 0.5) is 0 Å². The second-order valence-corrected chi connectivity index (χ2v) is 9.97. The van der Waals surface area contributed by atoms with Crippen molar-refractivity contribution in [1.82, 2.24) is 5.32 Å². The van der Waals surface area contributed by atoms with Crippen LogP contribution in [0.2, 0.25) is 0 Å². The van der Waals surface area contributed by atoms with E-state index in [1.54, 1.807) is 0 Å². The van der Waals surface area contributed by atoms with Gasteiger partial charge in [-0.15, -0.1) is 0 Å². The average Bonchev–Trinajstić information content (AvgIpc) is 2.76. The number of hydrogen-bond donors (Lipinski definition) is 1. The molecule has 2 aliphatic carbocycles. The number of sulfone groups is 1. The Balaban J connectivity index is 1.80. The molecule has 2 aliphatic rings. The summed E-state index contributed by atoms with van der Waals surface area (Å²) in [5, 5.41) is 4.44.